The highest BCUT2D eigenvalue weighted by Gasteiger charge is 2.10. The van der Waals surface area contributed by atoms with Crippen LogP contribution >= 0.6 is 11.3 Å². The number of hydrogen-bond donors (Lipinski definition) is 0. The number of hydrogen-bond acceptors (Lipinski definition) is 6. The van der Waals surface area contributed by atoms with E-state index in [4.69, 9.17) is 4.52 Å². The minimum Gasteiger partial charge on any atom is -0.339 e. The summed E-state index contributed by atoms with van der Waals surface area (Å²) in [6.45, 7) is 1.98. The van der Waals surface area contributed by atoms with Crippen molar-refractivity contribution in [1.29, 1.82) is 0 Å². The Kier molecular flexibility index (Phi) is 2.85. The molecule has 0 aliphatic heterocycles. The van der Waals surface area contributed by atoms with E-state index in [2.05, 4.69) is 20.1 Å². The van der Waals surface area contributed by atoms with Crippen LogP contribution in [0.25, 0.3) is 11.4 Å². The molecule has 0 aliphatic carbocycles. The van der Waals surface area contributed by atoms with Gasteiger partial charge in [-0.05, 0) is 19.1 Å². The Morgan fingerprint density at radius 1 is 1.22 bits per heavy atom. The van der Waals surface area contributed by atoms with E-state index in [0.29, 0.717) is 18.1 Å². The largest absolute Gasteiger partial charge is 0.339 e. The zero-order valence-corrected chi connectivity index (χ0v) is 10.5. The van der Waals surface area contributed by atoms with E-state index in [9.17, 15) is 0 Å². The molecule has 0 amide bonds. The third-order valence-electron chi connectivity index (χ3n) is 2.41. The first-order chi connectivity index (χ1) is 8.81. The fourth-order valence-electron chi connectivity index (χ4n) is 1.59. The summed E-state index contributed by atoms with van der Waals surface area (Å²) in [6.07, 6.45) is 3.98. The number of rotatable bonds is 3. The third-order valence-corrected chi connectivity index (χ3v) is 3.23. The van der Waals surface area contributed by atoms with E-state index in [1.54, 1.807) is 23.7 Å². The van der Waals surface area contributed by atoms with E-state index in [-0.39, 0.29) is 0 Å². The van der Waals surface area contributed by atoms with Crippen LogP contribution in [0.2, 0.25) is 0 Å². The fourth-order valence-corrected chi connectivity index (χ4v) is 2.20. The van der Waals surface area contributed by atoms with Gasteiger partial charge in [-0.1, -0.05) is 5.16 Å². The Morgan fingerprint density at radius 2 is 2.06 bits per heavy atom. The van der Waals surface area contributed by atoms with Gasteiger partial charge < -0.3 is 4.52 Å². The Balaban J connectivity index is 1.82. The number of pyridine rings is 1. The Hall–Kier alpha value is -2.08. The van der Waals surface area contributed by atoms with E-state index in [0.717, 1.165) is 16.3 Å². The fraction of sp³-hybridized carbons (Fsp3) is 0.167. The van der Waals surface area contributed by atoms with Gasteiger partial charge >= 0.3 is 0 Å². The van der Waals surface area contributed by atoms with Gasteiger partial charge in [0.15, 0.2) is 0 Å². The maximum Gasteiger partial charge on any atom is 0.233 e. The molecule has 90 valence electrons. The molecule has 0 N–H and O–H groups in total. The lowest BCUT2D eigenvalue weighted by molar-refractivity contribution is 0.385. The zero-order valence-electron chi connectivity index (χ0n) is 9.70. The van der Waals surface area contributed by atoms with E-state index >= 15 is 0 Å². The van der Waals surface area contributed by atoms with Gasteiger partial charge in [0.2, 0.25) is 11.7 Å². The molecule has 3 aromatic rings. The Morgan fingerprint density at radius 3 is 2.78 bits per heavy atom. The van der Waals surface area contributed by atoms with Crippen molar-refractivity contribution >= 4 is 11.3 Å². The molecule has 6 heteroatoms. The van der Waals surface area contributed by atoms with Gasteiger partial charge in [-0.25, -0.2) is 4.98 Å². The molecule has 3 heterocycles. The molecule has 18 heavy (non-hydrogen) atoms. The quantitative estimate of drug-likeness (QED) is 0.722. The minimum absolute atomic E-state index is 0.572. The van der Waals surface area contributed by atoms with Crippen molar-refractivity contribution in [3.05, 3.63) is 46.5 Å². The van der Waals surface area contributed by atoms with Crippen LogP contribution in [0, 0.1) is 6.92 Å². The predicted octanol–water partition coefficient (Wildman–Crippen LogP) is 2.49. The molecule has 0 unspecified atom stereocenters. The van der Waals surface area contributed by atoms with E-state index in [1.807, 2.05) is 24.4 Å². The lowest BCUT2D eigenvalue weighted by Gasteiger charge is -1.90. The minimum atomic E-state index is 0.572. The van der Waals surface area contributed by atoms with Crippen LogP contribution in [0.1, 0.15) is 16.6 Å². The highest BCUT2D eigenvalue weighted by Crippen LogP contribution is 2.16. The van der Waals surface area contributed by atoms with Crippen LogP contribution in [-0.2, 0) is 6.42 Å². The molecular weight excluding hydrogens is 248 g/mol. The molecule has 0 saturated heterocycles. The SMILES string of the molecule is Cc1nc(Cc2nc(-c3ccncc3)no2)cs1. The van der Waals surface area contributed by atoms with Crippen LogP contribution in [-0.4, -0.2) is 20.1 Å². The number of nitrogens with zero attached hydrogens (tertiary/aromatic N) is 4. The molecule has 0 bridgehead atoms. The van der Waals surface area contributed by atoms with Gasteiger partial charge in [0.05, 0.1) is 17.1 Å². The maximum atomic E-state index is 5.22. The molecule has 0 spiro atoms. The van der Waals surface area contributed by atoms with Crippen LogP contribution in [0.4, 0.5) is 0 Å². The smallest absolute Gasteiger partial charge is 0.233 e. The molecule has 0 fully saturated rings. The van der Waals surface area contributed by atoms with Crippen molar-refractivity contribution in [1.82, 2.24) is 20.1 Å². The van der Waals surface area contributed by atoms with Gasteiger partial charge in [0, 0.05) is 23.3 Å². The second-order valence-corrected chi connectivity index (χ2v) is 4.84. The molecule has 0 aliphatic rings. The first-order valence-corrected chi connectivity index (χ1v) is 6.33. The number of thiazole rings is 1. The van der Waals surface area contributed by atoms with Crippen LogP contribution < -0.4 is 0 Å². The highest BCUT2D eigenvalue weighted by molar-refractivity contribution is 7.09. The first-order valence-electron chi connectivity index (χ1n) is 5.45. The van der Waals surface area contributed by atoms with Gasteiger partial charge in [-0.15, -0.1) is 11.3 Å². The van der Waals surface area contributed by atoms with Crippen molar-refractivity contribution in [3.63, 3.8) is 0 Å². The summed E-state index contributed by atoms with van der Waals surface area (Å²) in [5, 5.41) is 7.00. The van der Waals surface area contributed by atoms with E-state index in [1.165, 1.54) is 0 Å². The molecule has 0 atom stereocenters. The monoisotopic (exact) mass is 258 g/mol. The maximum absolute atomic E-state index is 5.22. The van der Waals surface area contributed by atoms with Crippen molar-refractivity contribution in [2.45, 2.75) is 13.3 Å². The summed E-state index contributed by atoms with van der Waals surface area (Å²) in [5.41, 5.74) is 1.86. The summed E-state index contributed by atoms with van der Waals surface area (Å²) in [7, 11) is 0. The van der Waals surface area contributed by atoms with Gasteiger partial charge in [0.25, 0.3) is 0 Å². The summed E-state index contributed by atoms with van der Waals surface area (Å²) < 4.78 is 5.22. The van der Waals surface area contributed by atoms with Crippen LogP contribution in [0.5, 0.6) is 0 Å². The molecular formula is C12H10N4OS. The van der Waals surface area contributed by atoms with Gasteiger partial charge in [-0.2, -0.15) is 4.98 Å². The lowest BCUT2D eigenvalue weighted by Crippen LogP contribution is -1.89. The third kappa shape index (κ3) is 2.28. The normalized spacial score (nSPS) is 10.7. The second kappa shape index (κ2) is 4.66. The van der Waals surface area contributed by atoms with Gasteiger partial charge in [-0.3, -0.25) is 4.98 Å². The summed E-state index contributed by atoms with van der Waals surface area (Å²) in [6, 6.07) is 3.70. The predicted molar refractivity (Wildman–Crippen MR) is 67.2 cm³/mol. The van der Waals surface area contributed by atoms with Crippen molar-refractivity contribution < 1.29 is 4.52 Å². The van der Waals surface area contributed by atoms with Crippen LogP contribution in [0.3, 0.4) is 0 Å². The molecule has 0 aromatic carbocycles. The van der Waals surface area contributed by atoms with Crippen molar-refractivity contribution in [2.24, 2.45) is 0 Å². The Labute approximate surface area is 108 Å². The molecule has 5 nitrogen and oxygen atoms in total. The molecule has 3 rings (SSSR count). The Bertz CT molecular complexity index is 647. The number of aromatic nitrogens is 4. The summed E-state index contributed by atoms with van der Waals surface area (Å²) in [4.78, 5) is 12.7. The zero-order chi connectivity index (χ0) is 12.4. The average Bonchev–Trinajstić information content (AvgIpc) is 3.01. The summed E-state index contributed by atoms with van der Waals surface area (Å²) in [5.74, 6) is 1.16. The van der Waals surface area contributed by atoms with Crippen molar-refractivity contribution in [3.8, 4) is 11.4 Å². The first kappa shape index (κ1) is 11.0. The molecule has 0 saturated carbocycles. The summed E-state index contributed by atoms with van der Waals surface area (Å²) >= 11 is 1.62. The topological polar surface area (TPSA) is 64.7 Å². The van der Waals surface area contributed by atoms with Crippen molar-refractivity contribution in [2.75, 3.05) is 0 Å². The standard InChI is InChI=1S/C12H10N4OS/c1-8-14-10(7-18-8)6-11-15-12(16-17-11)9-2-4-13-5-3-9/h2-5,7H,6H2,1H3. The van der Waals surface area contributed by atoms with E-state index < -0.39 is 0 Å². The average molecular weight is 258 g/mol. The van der Waals surface area contributed by atoms with Gasteiger partial charge in [0.1, 0.15) is 0 Å². The van der Waals surface area contributed by atoms with Crippen LogP contribution in [0.15, 0.2) is 34.4 Å². The highest BCUT2D eigenvalue weighted by atomic mass is 32.1. The molecule has 3 aromatic heterocycles. The lowest BCUT2D eigenvalue weighted by atomic mass is 10.2. The number of aryl methyl sites for hydroxylation is 1. The second-order valence-electron chi connectivity index (χ2n) is 3.78. The molecule has 0 radical (unpaired) electrons.